The van der Waals surface area contributed by atoms with E-state index in [-0.39, 0.29) is 5.56 Å². The van der Waals surface area contributed by atoms with Crippen LogP contribution in [0.25, 0.3) is 22.0 Å². The molecule has 2 heterocycles. The van der Waals surface area contributed by atoms with Crippen LogP contribution in [0.1, 0.15) is 22.4 Å². The summed E-state index contributed by atoms with van der Waals surface area (Å²) in [5.74, 6) is 2.62. The molecular formula is C29H22ClN3O2. The molecule has 0 bridgehead atoms. The molecule has 1 unspecified atom stereocenters. The molecule has 6 heteroatoms. The van der Waals surface area contributed by atoms with E-state index in [2.05, 4.69) is 10.9 Å². The van der Waals surface area contributed by atoms with Gasteiger partial charge in [-0.2, -0.15) is 0 Å². The van der Waals surface area contributed by atoms with Gasteiger partial charge in [0.15, 0.2) is 5.60 Å². The van der Waals surface area contributed by atoms with Gasteiger partial charge in [0.2, 0.25) is 0 Å². The highest BCUT2D eigenvalue weighted by Gasteiger charge is 2.36. The first-order chi connectivity index (χ1) is 16.8. The SMILES string of the molecule is C#Cc1cccc(-c2cc3cc(C(O)(c4ccc(Cl)cc4)c4cncn4C)ccc3n(C)c2=O)c1. The minimum absolute atomic E-state index is 0.126. The molecule has 0 amide bonds. The minimum atomic E-state index is -1.50. The van der Waals surface area contributed by atoms with E-state index in [4.69, 9.17) is 18.0 Å². The van der Waals surface area contributed by atoms with Gasteiger partial charge in [0.1, 0.15) is 0 Å². The van der Waals surface area contributed by atoms with E-state index in [1.54, 1.807) is 53.0 Å². The maximum absolute atomic E-state index is 13.2. The first-order valence-electron chi connectivity index (χ1n) is 11.0. The summed E-state index contributed by atoms with van der Waals surface area (Å²) in [5.41, 5.74) is 2.99. The fraction of sp³-hybridized carbons (Fsp3) is 0.103. The lowest BCUT2D eigenvalue weighted by molar-refractivity contribution is 0.117. The average molecular weight is 480 g/mol. The number of aryl methyl sites for hydroxylation is 2. The Morgan fingerprint density at radius 2 is 1.74 bits per heavy atom. The van der Waals surface area contributed by atoms with Gasteiger partial charge >= 0.3 is 0 Å². The Hall–Kier alpha value is -4.11. The monoisotopic (exact) mass is 479 g/mol. The third-order valence-electron chi connectivity index (χ3n) is 6.43. The fourth-order valence-electron chi connectivity index (χ4n) is 4.55. The smallest absolute Gasteiger partial charge is 0.258 e. The van der Waals surface area contributed by atoms with Crippen LogP contribution in [0.5, 0.6) is 0 Å². The Morgan fingerprint density at radius 1 is 1.00 bits per heavy atom. The van der Waals surface area contributed by atoms with Crippen LogP contribution in [-0.2, 0) is 19.7 Å². The van der Waals surface area contributed by atoms with Crippen molar-refractivity contribution < 1.29 is 5.11 Å². The van der Waals surface area contributed by atoms with E-state index in [1.165, 1.54) is 0 Å². The largest absolute Gasteiger partial charge is 0.374 e. The summed E-state index contributed by atoms with van der Waals surface area (Å²) in [7, 11) is 3.58. The van der Waals surface area contributed by atoms with E-state index in [0.717, 1.165) is 16.5 Å². The van der Waals surface area contributed by atoms with Gasteiger partial charge in [0, 0.05) is 30.2 Å². The summed E-state index contributed by atoms with van der Waals surface area (Å²) >= 11 is 6.13. The number of rotatable bonds is 4. The van der Waals surface area contributed by atoms with Crippen LogP contribution in [0.2, 0.25) is 5.02 Å². The molecule has 0 aliphatic heterocycles. The van der Waals surface area contributed by atoms with Crippen LogP contribution in [0.3, 0.4) is 0 Å². The van der Waals surface area contributed by atoms with E-state index < -0.39 is 5.60 Å². The molecule has 3 aromatic carbocycles. The number of halogens is 1. The normalized spacial score (nSPS) is 12.9. The summed E-state index contributed by atoms with van der Waals surface area (Å²) in [6.07, 6.45) is 8.87. The summed E-state index contributed by atoms with van der Waals surface area (Å²) in [6, 6.07) is 21.9. The van der Waals surface area contributed by atoms with Gasteiger partial charge in [0.05, 0.1) is 23.7 Å². The van der Waals surface area contributed by atoms with Crippen LogP contribution < -0.4 is 5.56 Å². The Kier molecular flexibility index (Phi) is 5.56. The lowest BCUT2D eigenvalue weighted by Gasteiger charge is -2.30. The summed E-state index contributed by atoms with van der Waals surface area (Å²) in [5, 5.41) is 13.6. The van der Waals surface area contributed by atoms with E-state index in [9.17, 15) is 9.90 Å². The number of terminal acetylenes is 1. The van der Waals surface area contributed by atoms with Crippen LogP contribution in [0.4, 0.5) is 0 Å². The van der Waals surface area contributed by atoms with Gasteiger partial charge in [-0.1, -0.05) is 47.9 Å². The highest BCUT2D eigenvalue weighted by Crippen LogP contribution is 2.38. The topological polar surface area (TPSA) is 60.1 Å². The molecule has 0 aliphatic carbocycles. The van der Waals surface area contributed by atoms with Gasteiger partial charge in [-0.05, 0) is 64.5 Å². The van der Waals surface area contributed by atoms with Crippen LogP contribution in [0, 0.1) is 12.3 Å². The third kappa shape index (κ3) is 3.74. The molecular weight excluding hydrogens is 458 g/mol. The molecule has 1 atom stereocenters. The highest BCUT2D eigenvalue weighted by atomic mass is 35.5. The molecule has 5 rings (SSSR count). The quantitative estimate of drug-likeness (QED) is 0.374. The number of nitrogens with zero attached hydrogens (tertiary/aromatic N) is 3. The molecule has 35 heavy (non-hydrogen) atoms. The van der Waals surface area contributed by atoms with Crippen molar-refractivity contribution >= 4 is 22.5 Å². The lowest BCUT2D eigenvalue weighted by Crippen LogP contribution is -2.31. The van der Waals surface area contributed by atoms with Gasteiger partial charge in [-0.15, -0.1) is 6.42 Å². The fourth-order valence-corrected chi connectivity index (χ4v) is 4.68. The number of aliphatic hydroxyl groups is 1. The maximum atomic E-state index is 13.2. The molecule has 5 aromatic rings. The van der Waals surface area contributed by atoms with E-state index in [1.807, 2.05) is 55.6 Å². The third-order valence-corrected chi connectivity index (χ3v) is 6.68. The highest BCUT2D eigenvalue weighted by molar-refractivity contribution is 6.30. The predicted octanol–water partition coefficient (Wildman–Crippen LogP) is 4.86. The molecule has 5 nitrogen and oxygen atoms in total. The summed E-state index contributed by atoms with van der Waals surface area (Å²) in [6.45, 7) is 0. The number of hydrogen-bond acceptors (Lipinski definition) is 3. The standard InChI is InChI=1S/C29H22ClN3O2/c1-4-19-6-5-7-20(14-19)25-16-21-15-23(10-13-26(21)33(3)28(25)34)29(35,27-17-31-18-32(27)2)22-8-11-24(30)12-9-22/h1,5-18,35H,2-3H3. The molecule has 2 aromatic heterocycles. The zero-order valence-corrected chi connectivity index (χ0v) is 20.0. The van der Waals surface area contributed by atoms with Gasteiger partial charge < -0.3 is 14.2 Å². The first kappa shape index (κ1) is 22.7. The summed E-state index contributed by atoms with van der Waals surface area (Å²) < 4.78 is 3.40. The second-order valence-electron chi connectivity index (χ2n) is 8.53. The maximum Gasteiger partial charge on any atom is 0.258 e. The van der Waals surface area contributed by atoms with Crippen molar-refractivity contribution in [1.29, 1.82) is 0 Å². The van der Waals surface area contributed by atoms with Crippen LogP contribution >= 0.6 is 11.6 Å². The second-order valence-corrected chi connectivity index (χ2v) is 8.96. The Labute approximate surface area is 207 Å². The van der Waals surface area contributed by atoms with Crippen molar-refractivity contribution in [2.75, 3.05) is 0 Å². The molecule has 0 saturated heterocycles. The number of pyridine rings is 1. The van der Waals surface area contributed by atoms with Crippen molar-refractivity contribution in [2.24, 2.45) is 14.1 Å². The zero-order chi connectivity index (χ0) is 24.7. The van der Waals surface area contributed by atoms with Crippen molar-refractivity contribution in [3.05, 3.63) is 123 Å². The predicted molar refractivity (Wildman–Crippen MR) is 139 cm³/mol. The van der Waals surface area contributed by atoms with Crippen LogP contribution in [-0.4, -0.2) is 19.2 Å². The molecule has 172 valence electrons. The van der Waals surface area contributed by atoms with Gasteiger partial charge in [-0.25, -0.2) is 4.98 Å². The Morgan fingerprint density at radius 3 is 2.43 bits per heavy atom. The number of benzene rings is 3. The van der Waals surface area contributed by atoms with Gasteiger partial charge in [0.25, 0.3) is 5.56 Å². The molecule has 0 aliphatic rings. The van der Waals surface area contributed by atoms with Crippen molar-refractivity contribution in [2.45, 2.75) is 5.60 Å². The van der Waals surface area contributed by atoms with Crippen molar-refractivity contribution in [1.82, 2.24) is 14.1 Å². The minimum Gasteiger partial charge on any atom is -0.374 e. The zero-order valence-electron chi connectivity index (χ0n) is 19.2. The number of fused-ring (bicyclic) bond motifs is 1. The number of hydrogen-bond donors (Lipinski definition) is 1. The molecule has 1 N–H and O–H groups in total. The summed E-state index contributed by atoms with van der Waals surface area (Å²) in [4.78, 5) is 17.4. The molecule has 0 radical (unpaired) electrons. The first-order valence-corrected chi connectivity index (χ1v) is 11.4. The molecule has 0 fully saturated rings. The number of imidazole rings is 1. The van der Waals surface area contributed by atoms with Crippen molar-refractivity contribution in [3.8, 4) is 23.5 Å². The Balaban J connectivity index is 1.77. The number of aromatic nitrogens is 3. The van der Waals surface area contributed by atoms with Gasteiger partial charge in [-0.3, -0.25) is 4.79 Å². The van der Waals surface area contributed by atoms with E-state index in [0.29, 0.717) is 33.0 Å². The second kappa shape index (κ2) is 8.59. The van der Waals surface area contributed by atoms with Crippen LogP contribution in [0.15, 0.2) is 90.1 Å². The average Bonchev–Trinajstić information content (AvgIpc) is 3.32. The molecule has 0 saturated carbocycles. The van der Waals surface area contributed by atoms with E-state index >= 15 is 0 Å². The molecule has 0 spiro atoms. The Bertz CT molecular complexity index is 1680. The van der Waals surface area contributed by atoms with Crippen molar-refractivity contribution in [3.63, 3.8) is 0 Å². The lowest BCUT2D eigenvalue weighted by atomic mass is 9.83.